The van der Waals surface area contributed by atoms with Crippen molar-refractivity contribution in [2.75, 3.05) is 43.4 Å². The van der Waals surface area contributed by atoms with Gasteiger partial charge in [-0.15, -0.1) is 23.4 Å². The van der Waals surface area contributed by atoms with Crippen LogP contribution >= 0.6 is 46.3 Å². The van der Waals surface area contributed by atoms with Crippen molar-refractivity contribution in [3.8, 4) is 0 Å². The van der Waals surface area contributed by atoms with Gasteiger partial charge in [0.05, 0.1) is 30.2 Å². The van der Waals surface area contributed by atoms with E-state index in [9.17, 15) is 18.8 Å². The number of benzene rings is 2. The van der Waals surface area contributed by atoms with Crippen molar-refractivity contribution >= 4 is 69.6 Å². The third kappa shape index (κ3) is 10.2. The Hall–Kier alpha value is -2.64. The Morgan fingerprint density at radius 1 is 1.09 bits per heavy atom. The van der Waals surface area contributed by atoms with Gasteiger partial charge in [0.15, 0.2) is 0 Å². The van der Waals surface area contributed by atoms with Gasteiger partial charge in [-0.05, 0) is 66.7 Å². The molecule has 46 heavy (non-hydrogen) atoms. The van der Waals surface area contributed by atoms with Crippen LogP contribution in [-0.2, 0) is 45.0 Å². The first kappa shape index (κ1) is 37.8. The molecule has 0 saturated carbocycles. The van der Waals surface area contributed by atoms with Crippen LogP contribution in [0.2, 0.25) is 5.02 Å². The van der Waals surface area contributed by atoms with E-state index < -0.39 is 11.8 Å². The van der Waals surface area contributed by atoms with Gasteiger partial charge in [0, 0.05) is 31.1 Å². The lowest BCUT2D eigenvalue weighted by Gasteiger charge is -2.27. The fourth-order valence-electron chi connectivity index (χ4n) is 4.83. The fraction of sp³-hybridized carbons (Fsp3) is 0.500. The zero-order valence-corrected chi connectivity index (χ0v) is 29.8. The minimum absolute atomic E-state index is 0.00498. The van der Waals surface area contributed by atoms with E-state index in [0.717, 1.165) is 73.6 Å². The molecule has 1 aromatic heterocycles. The van der Waals surface area contributed by atoms with E-state index in [1.54, 1.807) is 14.3 Å². The first-order valence-corrected chi connectivity index (χ1v) is 18.0. The molecule has 0 spiro atoms. The van der Waals surface area contributed by atoms with Gasteiger partial charge in [-0.25, -0.2) is 14.1 Å². The zero-order valence-electron chi connectivity index (χ0n) is 26.7. The molecule has 0 atom stereocenters. The molecule has 4 rings (SSSR count). The molecule has 0 aliphatic carbocycles. The average molecular weight is 716 g/mol. The monoisotopic (exact) mass is 714 g/mol. The number of para-hydroxylation sites is 1. The molecule has 2 aromatic carbocycles. The van der Waals surface area contributed by atoms with E-state index in [0.29, 0.717) is 35.9 Å². The minimum atomic E-state index is -0.580. The molecular weight excluding hydrogens is 674 g/mol. The first-order valence-electron chi connectivity index (χ1n) is 15.3. The largest absolute Gasteiger partial charge is 0.468 e. The number of halogens is 3. The van der Waals surface area contributed by atoms with E-state index in [4.69, 9.17) is 27.9 Å². The highest BCUT2D eigenvalue weighted by Crippen LogP contribution is 2.33. The van der Waals surface area contributed by atoms with Crippen molar-refractivity contribution in [2.24, 2.45) is 4.99 Å². The van der Waals surface area contributed by atoms with Gasteiger partial charge in [-0.3, -0.25) is 19.1 Å². The number of nitrogens with zero attached hydrogens (tertiary/aromatic N) is 4. The average Bonchev–Trinajstić information content (AvgIpc) is 3.39. The molecule has 1 aliphatic heterocycles. The summed E-state index contributed by atoms with van der Waals surface area (Å²) in [6, 6.07) is 8.86. The summed E-state index contributed by atoms with van der Waals surface area (Å²) in [7, 11) is 1.30. The maximum Gasteiger partial charge on any atom is 0.325 e. The lowest BCUT2D eigenvalue weighted by atomic mass is 10.0. The van der Waals surface area contributed by atoms with Crippen LogP contribution < -0.4 is 14.6 Å². The number of fused-ring (bicyclic) bond motifs is 1. The van der Waals surface area contributed by atoms with Crippen LogP contribution in [0.1, 0.15) is 51.2 Å². The van der Waals surface area contributed by atoms with E-state index >= 15 is 0 Å². The van der Waals surface area contributed by atoms with Crippen LogP contribution in [0, 0.1) is 5.82 Å². The highest BCUT2D eigenvalue weighted by molar-refractivity contribution is 8.00. The van der Waals surface area contributed by atoms with Gasteiger partial charge in [-0.2, -0.15) is 0 Å². The first-order chi connectivity index (χ1) is 22.2. The highest BCUT2D eigenvalue weighted by atomic mass is 35.5. The number of alkyl halides is 1. The minimum Gasteiger partial charge on any atom is -0.468 e. The summed E-state index contributed by atoms with van der Waals surface area (Å²) in [4.78, 5) is 42.5. The van der Waals surface area contributed by atoms with Crippen LogP contribution in [0.3, 0.4) is 0 Å². The van der Waals surface area contributed by atoms with Gasteiger partial charge >= 0.3 is 10.8 Å². The Morgan fingerprint density at radius 2 is 1.76 bits per heavy atom. The third-order valence-electron chi connectivity index (χ3n) is 7.14. The highest BCUT2D eigenvalue weighted by Gasteiger charge is 2.20. The molecule has 3 aromatic rings. The summed E-state index contributed by atoms with van der Waals surface area (Å²) in [5, 5.41) is 0.199. The molecule has 2 heterocycles. The number of aryl methyl sites for hydroxylation is 2. The van der Waals surface area contributed by atoms with Gasteiger partial charge in [0.25, 0.3) is 0 Å². The maximum atomic E-state index is 14.3. The number of aromatic nitrogens is 2. The molecule has 0 fully saturated rings. The molecule has 0 bridgehead atoms. The molecule has 0 N–H and O–H groups in total. The van der Waals surface area contributed by atoms with Crippen LogP contribution in [-0.4, -0.2) is 59.7 Å². The molecule has 252 valence electrons. The molecule has 14 heteroatoms. The number of carbonyl (C=O) groups is 2. The quantitative estimate of drug-likeness (QED) is 0.0857. The third-order valence-corrected chi connectivity index (χ3v) is 9.69. The normalized spacial score (nSPS) is 12.7. The van der Waals surface area contributed by atoms with Gasteiger partial charge in [0.2, 0.25) is 10.7 Å². The number of anilines is 1. The van der Waals surface area contributed by atoms with Crippen molar-refractivity contribution in [1.29, 1.82) is 0 Å². The lowest BCUT2D eigenvalue weighted by Crippen LogP contribution is -2.36. The number of ether oxygens (including phenoxy) is 2. The number of thioether (sulfide) groups is 1. The predicted octanol–water partition coefficient (Wildman–Crippen LogP) is 6.60. The lowest BCUT2D eigenvalue weighted by molar-refractivity contribution is -0.137. The van der Waals surface area contributed by atoms with Crippen molar-refractivity contribution < 1.29 is 23.5 Å². The van der Waals surface area contributed by atoms with Crippen molar-refractivity contribution in [2.45, 2.75) is 70.9 Å². The van der Waals surface area contributed by atoms with E-state index in [-0.39, 0.29) is 33.1 Å². The van der Waals surface area contributed by atoms with Crippen LogP contribution in [0.5, 0.6) is 0 Å². The second kappa shape index (κ2) is 19.2. The molecule has 9 nitrogen and oxygen atoms in total. The number of hydrogen-bond donors (Lipinski definition) is 0. The van der Waals surface area contributed by atoms with Crippen molar-refractivity contribution in [3.63, 3.8) is 0 Å². The smallest absolute Gasteiger partial charge is 0.325 e. The summed E-state index contributed by atoms with van der Waals surface area (Å²) in [5.74, 6) is -0.991. The fourth-order valence-corrected chi connectivity index (χ4v) is 6.96. The Morgan fingerprint density at radius 3 is 2.37 bits per heavy atom. The Labute approximate surface area is 287 Å². The molecule has 0 unspecified atom stereocenters. The number of carbonyl (C=O) groups excluding carboxylic acids is 2. The molecule has 1 amide bonds. The number of esters is 1. The van der Waals surface area contributed by atoms with Gasteiger partial charge in [0.1, 0.15) is 17.4 Å². The second-order valence-electron chi connectivity index (χ2n) is 10.2. The van der Waals surface area contributed by atoms with Crippen molar-refractivity contribution in [3.05, 3.63) is 66.8 Å². The maximum absolute atomic E-state index is 14.3. The Balaban J connectivity index is 0.000000255. The van der Waals surface area contributed by atoms with Gasteiger partial charge < -0.3 is 14.4 Å². The summed E-state index contributed by atoms with van der Waals surface area (Å²) in [5.41, 5.74) is 3.47. The van der Waals surface area contributed by atoms with Gasteiger partial charge in [-0.1, -0.05) is 50.6 Å². The molecular formula is C32H41Cl2FN4O5S2. The summed E-state index contributed by atoms with van der Waals surface area (Å²) >= 11 is 14.0. The Kier molecular flexibility index (Phi) is 15.8. The van der Waals surface area contributed by atoms with Crippen LogP contribution in [0.15, 0.2) is 45.0 Å². The van der Waals surface area contributed by atoms with E-state index in [1.165, 1.54) is 24.3 Å². The number of hydrogen-bond acceptors (Lipinski definition) is 8. The van der Waals surface area contributed by atoms with Crippen LogP contribution in [0.4, 0.5) is 15.8 Å². The standard InChI is InChI=1S/C17H26ClNO2.C15H15ClFN3O3S2/c1-4-11-21-12-10-19(16(20)13-18)17-14(5-2)8-7-9-15(17)6-3;1-23-13(21)8-24-12-7-11(10(17)6-9(12)16)18-14-19-4-2-3-5-20(19)15(22)25-14/h7-9H,4-6,10-13H2,1-3H3;6-7H,2-5,8H2,1H3/b;18-14-. The van der Waals surface area contributed by atoms with E-state index in [1.807, 2.05) is 0 Å². The van der Waals surface area contributed by atoms with Crippen LogP contribution in [0.25, 0.3) is 0 Å². The van der Waals surface area contributed by atoms with Crippen molar-refractivity contribution in [1.82, 2.24) is 9.36 Å². The second-order valence-corrected chi connectivity index (χ2v) is 12.8. The number of amides is 1. The predicted molar refractivity (Wildman–Crippen MR) is 185 cm³/mol. The number of methoxy groups -OCH3 is 1. The topological polar surface area (TPSA) is 95.1 Å². The zero-order chi connectivity index (χ0) is 33.6. The number of rotatable bonds is 13. The Bertz CT molecular complexity index is 1590. The van der Waals surface area contributed by atoms with E-state index in [2.05, 4.69) is 48.7 Å². The molecule has 0 saturated heterocycles. The summed E-state index contributed by atoms with van der Waals surface area (Å²) in [6.45, 7) is 9.42. The summed E-state index contributed by atoms with van der Waals surface area (Å²) in [6.07, 6.45) is 4.66. The molecule has 1 aliphatic rings. The summed E-state index contributed by atoms with van der Waals surface area (Å²) < 4.78 is 27.8. The molecule has 0 radical (unpaired) electrons. The SMILES string of the molecule is CCCOCCN(C(=O)CCl)c1c(CC)cccc1CC.COC(=O)CSc1cc(/N=c2\sc(=O)n3n2CCCC3)c(F)cc1Cl.